The summed E-state index contributed by atoms with van der Waals surface area (Å²) in [6.45, 7) is 1.67. The van der Waals surface area contributed by atoms with Gasteiger partial charge in [0.1, 0.15) is 5.69 Å². The van der Waals surface area contributed by atoms with Gasteiger partial charge in [0.25, 0.3) is 11.8 Å². The van der Waals surface area contributed by atoms with Crippen LogP contribution in [0.5, 0.6) is 0 Å². The zero-order valence-corrected chi connectivity index (χ0v) is 16.5. The summed E-state index contributed by atoms with van der Waals surface area (Å²) in [6.07, 6.45) is 0.275. The fraction of sp³-hybridized carbons (Fsp3) is 0.318. The van der Waals surface area contributed by atoms with Crippen molar-refractivity contribution in [2.45, 2.75) is 18.1 Å². The van der Waals surface area contributed by atoms with Crippen molar-refractivity contribution in [3.63, 3.8) is 0 Å². The number of pyridine rings is 1. The number of rotatable bonds is 4. The second kappa shape index (κ2) is 7.78. The summed E-state index contributed by atoms with van der Waals surface area (Å²) in [4.78, 5) is 29.7. The van der Waals surface area contributed by atoms with Crippen LogP contribution in [0, 0.1) is 11.8 Å². The van der Waals surface area contributed by atoms with Gasteiger partial charge < -0.3 is 25.8 Å². The largest absolute Gasteiger partial charge is 0.378 e. The second-order valence-corrected chi connectivity index (χ2v) is 7.54. The molecular weight excluding hydrogens is 384 g/mol. The van der Waals surface area contributed by atoms with Gasteiger partial charge in [0.15, 0.2) is 0 Å². The number of nitrogens with zero attached hydrogens (tertiary/aromatic N) is 2. The summed E-state index contributed by atoms with van der Waals surface area (Å²) in [5.74, 6) is 4.59. The van der Waals surface area contributed by atoms with E-state index in [4.69, 9.17) is 10.5 Å². The second-order valence-electron chi connectivity index (χ2n) is 7.54. The van der Waals surface area contributed by atoms with Crippen LogP contribution >= 0.6 is 0 Å². The molecule has 2 saturated heterocycles. The summed E-state index contributed by atoms with van der Waals surface area (Å²) >= 11 is 0. The van der Waals surface area contributed by atoms with Crippen molar-refractivity contribution in [2.24, 2.45) is 5.73 Å². The van der Waals surface area contributed by atoms with Gasteiger partial charge in [-0.25, -0.2) is 4.98 Å². The van der Waals surface area contributed by atoms with Crippen molar-refractivity contribution in [3.8, 4) is 23.1 Å². The summed E-state index contributed by atoms with van der Waals surface area (Å²) in [7, 11) is 1.64. The van der Waals surface area contributed by atoms with Crippen molar-refractivity contribution < 1.29 is 19.4 Å². The molecule has 3 heterocycles. The highest BCUT2D eigenvalue weighted by molar-refractivity contribution is 5.93. The first-order valence-electron chi connectivity index (χ1n) is 9.62. The fourth-order valence-electron chi connectivity index (χ4n) is 3.34. The number of hydrogen-bond acceptors (Lipinski definition) is 6. The third-order valence-corrected chi connectivity index (χ3v) is 5.17. The Bertz CT molecular complexity index is 1070. The van der Waals surface area contributed by atoms with Crippen molar-refractivity contribution in [1.29, 1.82) is 0 Å². The van der Waals surface area contributed by atoms with Gasteiger partial charge in [0.05, 0.1) is 24.9 Å². The Morgan fingerprint density at radius 2 is 2.17 bits per heavy atom. The predicted molar refractivity (Wildman–Crippen MR) is 111 cm³/mol. The molecule has 2 aliphatic heterocycles. The molecule has 1 aromatic carbocycles. The standard InChI is InChI=1S/C22H22N4O4/c1-26-8-7-22(29,21(26)28)6-5-14-3-2-4-15(9-14)18-10-16(24-17-12-30-13-17)11-19(25-18)20(23)27/h2-4,9-11,17,29H,7-8,12-13H2,1H3,(H2,23,27)(H,24,25)/t22-/m0/s1. The fourth-order valence-corrected chi connectivity index (χ4v) is 3.34. The smallest absolute Gasteiger partial charge is 0.267 e. The molecule has 0 radical (unpaired) electrons. The molecule has 0 spiro atoms. The number of aliphatic hydroxyl groups is 1. The molecule has 2 fully saturated rings. The minimum Gasteiger partial charge on any atom is -0.378 e. The molecule has 1 aromatic heterocycles. The van der Waals surface area contributed by atoms with Crippen LogP contribution < -0.4 is 11.1 Å². The number of likely N-dealkylation sites (tertiary alicyclic amines) is 1. The number of carbonyl (C=O) groups excluding carboxylic acids is 2. The highest BCUT2D eigenvalue weighted by Gasteiger charge is 2.42. The van der Waals surface area contributed by atoms with E-state index >= 15 is 0 Å². The van der Waals surface area contributed by atoms with Crippen LogP contribution in [0.3, 0.4) is 0 Å². The Morgan fingerprint density at radius 3 is 2.80 bits per heavy atom. The quantitative estimate of drug-likeness (QED) is 0.640. The number of nitrogens with two attached hydrogens (primary N) is 1. The van der Waals surface area contributed by atoms with Gasteiger partial charge in [0.2, 0.25) is 5.60 Å². The Kier molecular flexibility index (Phi) is 5.16. The normalized spacial score (nSPS) is 21.0. The van der Waals surface area contributed by atoms with E-state index in [0.717, 1.165) is 11.3 Å². The molecule has 0 saturated carbocycles. The van der Waals surface area contributed by atoms with Crippen molar-refractivity contribution >= 4 is 17.5 Å². The lowest BCUT2D eigenvalue weighted by Crippen LogP contribution is -2.40. The van der Waals surface area contributed by atoms with E-state index in [0.29, 0.717) is 31.0 Å². The lowest BCUT2D eigenvalue weighted by atomic mass is 10.0. The molecule has 8 nitrogen and oxygen atoms in total. The topological polar surface area (TPSA) is 118 Å². The third-order valence-electron chi connectivity index (χ3n) is 5.17. The molecule has 8 heteroatoms. The maximum absolute atomic E-state index is 12.1. The number of nitrogens with one attached hydrogen (secondary N) is 1. The van der Waals surface area contributed by atoms with Crippen LogP contribution in [-0.4, -0.2) is 65.3 Å². The minimum absolute atomic E-state index is 0.153. The molecule has 2 aliphatic rings. The molecular formula is C22H22N4O4. The lowest BCUT2D eigenvalue weighted by molar-refractivity contribution is -0.137. The first kappa shape index (κ1) is 19.9. The summed E-state index contributed by atoms with van der Waals surface area (Å²) in [6, 6.07) is 10.9. The van der Waals surface area contributed by atoms with Gasteiger partial charge in [-0.3, -0.25) is 9.59 Å². The van der Waals surface area contributed by atoms with Crippen LogP contribution in [0.25, 0.3) is 11.3 Å². The van der Waals surface area contributed by atoms with E-state index < -0.39 is 17.4 Å². The van der Waals surface area contributed by atoms with E-state index in [1.54, 1.807) is 31.3 Å². The van der Waals surface area contributed by atoms with Gasteiger partial charge in [-0.15, -0.1) is 0 Å². The maximum atomic E-state index is 12.1. The van der Waals surface area contributed by atoms with E-state index in [1.807, 2.05) is 12.1 Å². The highest BCUT2D eigenvalue weighted by atomic mass is 16.5. The van der Waals surface area contributed by atoms with Crippen LogP contribution in [0.15, 0.2) is 36.4 Å². The SMILES string of the molecule is CN1CC[C@@](O)(C#Cc2cccc(-c3cc(NC4COC4)cc(C(N)=O)n3)c2)C1=O. The number of hydrogen-bond donors (Lipinski definition) is 3. The zero-order valence-electron chi connectivity index (χ0n) is 16.5. The number of primary amides is 1. The van der Waals surface area contributed by atoms with Crippen LogP contribution in [0.4, 0.5) is 5.69 Å². The lowest BCUT2D eigenvalue weighted by Gasteiger charge is -2.28. The van der Waals surface area contributed by atoms with E-state index in [2.05, 4.69) is 22.1 Å². The Labute approximate surface area is 174 Å². The van der Waals surface area contributed by atoms with Crippen LogP contribution in [0.2, 0.25) is 0 Å². The molecule has 2 aromatic rings. The number of likely N-dealkylation sites (N-methyl/N-ethyl adjacent to an activating group) is 1. The Morgan fingerprint density at radius 1 is 1.37 bits per heavy atom. The van der Waals surface area contributed by atoms with Gasteiger partial charge in [-0.1, -0.05) is 24.0 Å². The first-order chi connectivity index (χ1) is 14.3. The third kappa shape index (κ3) is 3.99. The summed E-state index contributed by atoms with van der Waals surface area (Å²) in [5.41, 5.74) is 6.60. The van der Waals surface area contributed by atoms with Gasteiger partial charge in [-0.2, -0.15) is 0 Å². The predicted octanol–water partition coefficient (Wildman–Crippen LogP) is 0.603. The molecule has 1 atom stereocenters. The number of benzene rings is 1. The molecule has 0 aliphatic carbocycles. The van der Waals surface area contributed by atoms with Crippen molar-refractivity contribution in [3.05, 3.63) is 47.7 Å². The van der Waals surface area contributed by atoms with Gasteiger partial charge >= 0.3 is 0 Å². The van der Waals surface area contributed by atoms with Gasteiger partial charge in [0, 0.05) is 36.8 Å². The first-order valence-corrected chi connectivity index (χ1v) is 9.62. The monoisotopic (exact) mass is 406 g/mol. The number of ether oxygens (including phenoxy) is 1. The summed E-state index contributed by atoms with van der Waals surface area (Å²) in [5, 5.41) is 13.8. The number of anilines is 1. The molecule has 30 heavy (non-hydrogen) atoms. The highest BCUT2D eigenvalue weighted by Crippen LogP contribution is 2.25. The van der Waals surface area contributed by atoms with E-state index in [1.165, 1.54) is 4.90 Å². The average molecular weight is 406 g/mol. The molecule has 0 bridgehead atoms. The molecule has 154 valence electrons. The minimum atomic E-state index is -1.66. The zero-order chi connectivity index (χ0) is 21.3. The van der Waals surface area contributed by atoms with Crippen LogP contribution in [0.1, 0.15) is 22.5 Å². The Balaban J connectivity index is 1.64. The van der Waals surface area contributed by atoms with Crippen LogP contribution in [-0.2, 0) is 9.53 Å². The molecule has 4 N–H and O–H groups in total. The molecule has 4 rings (SSSR count). The van der Waals surface area contributed by atoms with Crippen molar-refractivity contribution in [1.82, 2.24) is 9.88 Å². The van der Waals surface area contributed by atoms with Gasteiger partial charge in [-0.05, 0) is 24.3 Å². The number of aromatic nitrogens is 1. The Hall–Kier alpha value is -3.41. The van der Waals surface area contributed by atoms with Crippen molar-refractivity contribution in [2.75, 3.05) is 32.1 Å². The van der Waals surface area contributed by atoms with E-state index in [9.17, 15) is 14.7 Å². The number of carbonyl (C=O) groups is 2. The average Bonchev–Trinajstić information content (AvgIpc) is 2.97. The summed E-state index contributed by atoms with van der Waals surface area (Å²) < 4.78 is 5.17. The van der Waals surface area contributed by atoms with E-state index in [-0.39, 0.29) is 18.2 Å². The molecule has 2 amide bonds. The number of amides is 2. The molecule has 0 unspecified atom stereocenters. The maximum Gasteiger partial charge on any atom is 0.267 e.